The quantitative estimate of drug-likeness (QED) is 0.278. The SMILES string of the molecule is COC(=O)c1ccc(NC(=O)C(Cc2ccccc2)Cn2cc(-c3cc(Cl)ccc3-n3cnnn3)nn2)cc1. The van der Waals surface area contributed by atoms with Gasteiger partial charge in [-0.1, -0.05) is 47.1 Å². The average Bonchev–Trinajstić information content (AvgIpc) is 3.66. The summed E-state index contributed by atoms with van der Waals surface area (Å²) in [6, 6.07) is 21.6. The minimum Gasteiger partial charge on any atom is -0.465 e. The molecule has 5 rings (SSSR count). The fourth-order valence-electron chi connectivity index (χ4n) is 4.11. The lowest BCUT2D eigenvalue weighted by Crippen LogP contribution is -2.29. The summed E-state index contributed by atoms with van der Waals surface area (Å²) >= 11 is 6.27. The van der Waals surface area contributed by atoms with Gasteiger partial charge in [-0.05, 0) is 64.9 Å². The third-order valence-electron chi connectivity index (χ3n) is 6.05. The van der Waals surface area contributed by atoms with Gasteiger partial charge in [-0.3, -0.25) is 9.48 Å². The van der Waals surface area contributed by atoms with Crippen LogP contribution >= 0.6 is 11.6 Å². The maximum atomic E-state index is 13.4. The lowest BCUT2D eigenvalue weighted by atomic mass is 9.98. The number of halogens is 1. The van der Waals surface area contributed by atoms with Crippen molar-refractivity contribution in [2.24, 2.45) is 5.92 Å². The number of carbonyl (C=O) groups is 2. The topological polar surface area (TPSA) is 130 Å². The van der Waals surface area contributed by atoms with Crippen molar-refractivity contribution in [2.45, 2.75) is 13.0 Å². The molecular formula is C27H23ClN8O3. The molecule has 1 N–H and O–H groups in total. The molecule has 0 saturated carbocycles. The van der Waals surface area contributed by atoms with Crippen LogP contribution in [0, 0.1) is 5.92 Å². The molecule has 0 radical (unpaired) electrons. The van der Waals surface area contributed by atoms with Crippen molar-refractivity contribution in [3.05, 3.63) is 101 Å². The molecule has 0 aliphatic rings. The number of nitrogens with zero attached hydrogens (tertiary/aromatic N) is 7. The Hall–Kier alpha value is -4.90. The van der Waals surface area contributed by atoms with Crippen molar-refractivity contribution in [1.29, 1.82) is 0 Å². The Morgan fingerprint density at radius 2 is 1.82 bits per heavy atom. The number of anilines is 1. The lowest BCUT2D eigenvalue weighted by molar-refractivity contribution is -0.120. The molecule has 39 heavy (non-hydrogen) atoms. The minimum absolute atomic E-state index is 0.196. The Balaban J connectivity index is 1.39. The maximum Gasteiger partial charge on any atom is 0.337 e. The van der Waals surface area contributed by atoms with Crippen LogP contribution in [0.2, 0.25) is 5.02 Å². The number of esters is 1. The van der Waals surface area contributed by atoms with Crippen LogP contribution in [0.5, 0.6) is 0 Å². The highest BCUT2D eigenvalue weighted by Gasteiger charge is 2.22. The smallest absolute Gasteiger partial charge is 0.337 e. The summed E-state index contributed by atoms with van der Waals surface area (Å²) < 4.78 is 7.88. The van der Waals surface area contributed by atoms with E-state index in [0.717, 1.165) is 5.56 Å². The molecule has 1 amide bonds. The molecule has 2 aromatic heterocycles. The average molecular weight is 543 g/mol. The summed E-state index contributed by atoms with van der Waals surface area (Å²) in [6.07, 6.45) is 3.72. The summed E-state index contributed by atoms with van der Waals surface area (Å²) in [6.45, 7) is 0.273. The fraction of sp³-hybridized carbons (Fsp3) is 0.148. The molecule has 5 aromatic rings. The highest BCUT2D eigenvalue weighted by atomic mass is 35.5. The van der Waals surface area contributed by atoms with Crippen LogP contribution < -0.4 is 5.32 Å². The van der Waals surface area contributed by atoms with Gasteiger partial charge >= 0.3 is 5.97 Å². The van der Waals surface area contributed by atoms with Gasteiger partial charge in [-0.15, -0.1) is 10.2 Å². The van der Waals surface area contributed by atoms with E-state index in [-0.39, 0.29) is 12.5 Å². The second-order valence-corrected chi connectivity index (χ2v) is 9.12. The minimum atomic E-state index is -0.472. The monoisotopic (exact) mass is 542 g/mol. The van der Waals surface area contributed by atoms with Gasteiger partial charge in [-0.2, -0.15) is 4.68 Å². The first-order valence-corrected chi connectivity index (χ1v) is 12.3. The van der Waals surface area contributed by atoms with E-state index < -0.39 is 11.9 Å². The fourth-order valence-corrected chi connectivity index (χ4v) is 4.28. The highest BCUT2D eigenvalue weighted by molar-refractivity contribution is 6.31. The van der Waals surface area contributed by atoms with E-state index in [4.69, 9.17) is 16.3 Å². The summed E-state index contributed by atoms with van der Waals surface area (Å²) in [5.74, 6) is -1.11. The van der Waals surface area contributed by atoms with E-state index in [1.54, 1.807) is 53.3 Å². The third-order valence-corrected chi connectivity index (χ3v) is 6.28. The number of hydrogen-bond acceptors (Lipinski definition) is 8. The summed E-state index contributed by atoms with van der Waals surface area (Å²) in [7, 11) is 1.32. The largest absolute Gasteiger partial charge is 0.465 e. The van der Waals surface area contributed by atoms with E-state index >= 15 is 0 Å². The van der Waals surface area contributed by atoms with Gasteiger partial charge in [0.1, 0.15) is 12.0 Å². The molecule has 11 nitrogen and oxygen atoms in total. The van der Waals surface area contributed by atoms with Crippen LogP contribution in [0.1, 0.15) is 15.9 Å². The van der Waals surface area contributed by atoms with Crippen molar-refractivity contribution < 1.29 is 14.3 Å². The molecule has 0 fully saturated rings. The van der Waals surface area contributed by atoms with E-state index in [9.17, 15) is 9.59 Å². The Kier molecular flexibility index (Phi) is 7.69. The van der Waals surface area contributed by atoms with Crippen LogP contribution in [0.25, 0.3) is 16.9 Å². The number of carbonyl (C=O) groups excluding carboxylic acids is 2. The van der Waals surface area contributed by atoms with Gasteiger partial charge in [0.25, 0.3) is 0 Å². The Labute approximate surface area is 228 Å². The Morgan fingerprint density at radius 1 is 1.03 bits per heavy atom. The molecule has 1 unspecified atom stereocenters. The molecule has 3 aromatic carbocycles. The van der Waals surface area contributed by atoms with Crippen LogP contribution in [0.4, 0.5) is 5.69 Å². The molecule has 0 bridgehead atoms. The number of tetrazole rings is 1. The molecule has 0 aliphatic heterocycles. The van der Waals surface area contributed by atoms with Crippen molar-refractivity contribution >= 4 is 29.2 Å². The van der Waals surface area contributed by atoms with E-state index in [0.29, 0.717) is 39.6 Å². The van der Waals surface area contributed by atoms with Gasteiger partial charge in [-0.25, -0.2) is 4.79 Å². The first kappa shape index (κ1) is 25.7. The first-order chi connectivity index (χ1) is 19.0. The Bertz CT molecular complexity index is 1570. The number of hydrogen-bond donors (Lipinski definition) is 1. The summed E-state index contributed by atoms with van der Waals surface area (Å²) in [4.78, 5) is 25.1. The molecule has 1 atom stereocenters. The second kappa shape index (κ2) is 11.7. The zero-order valence-corrected chi connectivity index (χ0v) is 21.6. The summed E-state index contributed by atoms with van der Waals surface area (Å²) in [5.41, 5.74) is 3.90. The normalized spacial score (nSPS) is 11.6. The number of nitrogens with one attached hydrogen (secondary N) is 1. The number of ether oxygens (including phenoxy) is 1. The molecular weight excluding hydrogens is 520 g/mol. The molecule has 0 spiro atoms. The van der Waals surface area contributed by atoms with Crippen LogP contribution in [-0.2, 0) is 22.5 Å². The van der Waals surface area contributed by atoms with E-state index in [2.05, 4.69) is 31.2 Å². The standard InChI is InChI=1S/C27H23ClN8O3/c1-39-27(38)19-7-10-22(11-8-19)30-26(37)20(13-18-5-3-2-4-6-18)15-35-16-24(31-33-35)23-14-21(28)9-12-25(23)36-17-29-32-34-36/h2-12,14,16-17,20H,13,15H2,1H3,(H,30,37). The maximum absolute atomic E-state index is 13.4. The molecule has 0 aliphatic carbocycles. The van der Waals surface area contributed by atoms with Gasteiger partial charge in [0, 0.05) is 16.3 Å². The zero-order valence-electron chi connectivity index (χ0n) is 20.8. The van der Waals surface area contributed by atoms with Crippen LogP contribution in [-0.4, -0.2) is 54.2 Å². The lowest BCUT2D eigenvalue weighted by Gasteiger charge is -2.17. The molecule has 196 valence electrons. The number of benzene rings is 3. The third kappa shape index (κ3) is 6.16. The molecule has 12 heteroatoms. The zero-order chi connectivity index (χ0) is 27.2. The van der Waals surface area contributed by atoms with Crippen LogP contribution in [0.3, 0.4) is 0 Å². The Morgan fingerprint density at radius 3 is 2.54 bits per heavy atom. The molecule has 0 saturated heterocycles. The van der Waals surface area contributed by atoms with Crippen molar-refractivity contribution in [3.63, 3.8) is 0 Å². The van der Waals surface area contributed by atoms with Gasteiger partial charge in [0.15, 0.2) is 0 Å². The van der Waals surface area contributed by atoms with Crippen molar-refractivity contribution in [3.8, 4) is 16.9 Å². The number of rotatable bonds is 9. The van der Waals surface area contributed by atoms with Gasteiger partial charge in [0.2, 0.25) is 5.91 Å². The first-order valence-electron chi connectivity index (χ1n) is 12.0. The van der Waals surface area contributed by atoms with Gasteiger partial charge < -0.3 is 10.1 Å². The predicted molar refractivity (Wildman–Crippen MR) is 143 cm³/mol. The van der Waals surface area contributed by atoms with Gasteiger partial charge in [0.05, 0.1) is 37.0 Å². The van der Waals surface area contributed by atoms with Crippen molar-refractivity contribution in [2.75, 3.05) is 12.4 Å². The number of methoxy groups -OCH3 is 1. The predicted octanol–water partition coefficient (Wildman–Crippen LogP) is 3.86. The van der Waals surface area contributed by atoms with E-state index in [1.165, 1.54) is 18.1 Å². The van der Waals surface area contributed by atoms with Crippen LogP contribution in [0.15, 0.2) is 85.3 Å². The summed E-state index contributed by atoms with van der Waals surface area (Å²) in [5, 5.41) is 23.5. The second-order valence-electron chi connectivity index (χ2n) is 8.69. The van der Waals surface area contributed by atoms with E-state index in [1.807, 2.05) is 30.3 Å². The number of aromatic nitrogens is 7. The number of amides is 1. The van der Waals surface area contributed by atoms with Crippen molar-refractivity contribution in [1.82, 2.24) is 35.2 Å². The highest BCUT2D eigenvalue weighted by Crippen LogP contribution is 2.28. The molecule has 2 heterocycles.